The van der Waals surface area contributed by atoms with E-state index in [0.29, 0.717) is 0 Å². The summed E-state index contributed by atoms with van der Waals surface area (Å²) in [5.41, 5.74) is 19.2. The average Bonchev–Trinajstić information content (AvgIpc) is 2.36. The van der Waals surface area contributed by atoms with Crippen molar-refractivity contribution >= 4 is 23.0 Å². The van der Waals surface area contributed by atoms with Gasteiger partial charge >= 0.3 is 0 Å². The minimum Gasteiger partial charge on any atom is -0.399 e. The highest BCUT2D eigenvalue weighted by Crippen LogP contribution is 2.24. The summed E-state index contributed by atoms with van der Waals surface area (Å²) in [5, 5.41) is 0. The van der Waals surface area contributed by atoms with Gasteiger partial charge in [-0.05, 0) is 66.8 Å². The van der Waals surface area contributed by atoms with Crippen LogP contribution in [0.15, 0.2) is 36.4 Å². The van der Waals surface area contributed by atoms with Crippen molar-refractivity contribution in [2.24, 2.45) is 0 Å². The number of nitrogens with two attached hydrogens (primary N) is 2. The molecule has 0 spiro atoms. The zero-order chi connectivity index (χ0) is 14.0. The molecule has 2 aromatic rings. The van der Waals surface area contributed by atoms with Crippen LogP contribution in [0.1, 0.15) is 29.2 Å². The van der Waals surface area contributed by atoms with Crippen LogP contribution in [0, 0.1) is 13.8 Å². The topological polar surface area (TPSA) is 52.0 Å². The van der Waals surface area contributed by atoms with E-state index >= 15 is 0 Å². The molecule has 2 nitrogen and oxygen atoms in total. The Kier molecular flexibility index (Phi) is 3.61. The summed E-state index contributed by atoms with van der Waals surface area (Å²) in [7, 11) is 0. The molecule has 0 fully saturated rings. The van der Waals surface area contributed by atoms with Gasteiger partial charge in [0.25, 0.3) is 0 Å². The number of nitrogen functional groups attached to an aromatic ring is 2. The van der Waals surface area contributed by atoms with E-state index in [9.17, 15) is 0 Å². The van der Waals surface area contributed by atoms with Crippen molar-refractivity contribution in [2.75, 3.05) is 11.5 Å². The zero-order valence-electron chi connectivity index (χ0n) is 11.7. The van der Waals surface area contributed by atoms with Crippen LogP contribution in [0.3, 0.4) is 0 Å². The molecule has 0 aliphatic heterocycles. The van der Waals surface area contributed by atoms with Gasteiger partial charge in [-0.25, -0.2) is 0 Å². The lowest BCUT2D eigenvalue weighted by Crippen LogP contribution is -1.94. The van der Waals surface area contributed by atoms with Gasteiger partial charge < -0.3 is 11.5 Å². The van der Waals surface area contributed by atoms with Gasteiger partial charge in [-0.2, -0.15) is 0 Å². The van der Waals surface area contributed by atoms with Crippen molar-refractivity contribution in [2.45, 2.75) is 20.8 Å². The SMILES string of the molecule is C/C(=C\c1cc(C)cc(N)c1C)c1ccc(N)cc1. The molecule has 98 valence electrons. The average molecular weight is 252 g/mol. The van der Waals surface area contributed by atoms with Crippen LogP contribution < -0.4 is 11.5 Å². The molecule has 0 unspecified atom stereocenters. The molecule has 0 bridgehead atoms. The number of hydrogen-bond acceptors (Lipinski definition) is 2. The van der Waals surface area contributed by atoms with E-state index < -0.39 is 0 Å². The second-order valence-corrected chi connectivity index (χ2v) is 5.02. The summed E-state index contributed by atoms with van der Waals surface area (Å²) in [6.45, 7) is 6.21. The Morgan fingerprint density at radius 2 is 1.63 bits per heavy atom. The second kappa shape index (κ2) is 5.19. The van der Waals surface area contributed by atoms with E-state index in [4.69, 9.17) is 11.5 Å². The van der Waals surface area contributed by atoms with Crippen LogP contribution >= 0.6 is 0 Å². The molecule has 0 heterocycles. The molecule has 0 saturated carbocycles. The number of hydrogen-bond donors (Lipinski definition) is 2. The van der Waals surface area contributed by atoms with Crippen molar-refractivity contribution in [3.05, 3.63) is 58.7 Å². The fourth-order valence-electron chi connectivity index (χ4n) is 2.13. The number of anilines is 2. The first-order chi connectivity index (χ1) is 8.97. The molecule has 0 radical (unpaired) electrons. The maximum absolute atomic E-state index is 6.01. The Morgan fingerprint density at radius 1 is 1.00 bits per heavy atom. The van der Waals surface area contributed by atoms with Gasteiger partial charge in [0.2, 0.25) is 0 Å². The zero-order valence-corrected chi connectivity index (χ0v) is 11.7. The minimum absolute atomic E-state index is 0.785. The van der Waals surface area contributed by atoms with Gasteiger partial charge in [-0.15, -0.1) is 0 Å². The molecule has 0 aromatic heterocycles. The first kappa shape index (κ1) is 13.2. The normalized spacial score (nSPS) is 11.6. The second-order valence-electron chi connectivity index (χ2n) is 5.02. The highest BCUT2D eigenvalue weighted by Gasteiger charge is 2.03. The van der Waals surface area contributed by atoms with E-state index in [0.717, 1.165) is 16.9 Å². The van der Waals surface area contributed by atoms with Crippen LogP contribution in [0.5, 0.6) is 0 Å². The maximum Gasteiger partial charge on any atom is 0.0352 e. The van der Waals surface area contributed by atoms with Crippen LogP contribution in [-0.4, -0.2) is 0 Å². The van der Waals surface area contributed by atoms with Gasteiger partial charge in [-0.3, -0.25) is 0 Å². The molecule has 0 aliphatic carbocycles. The molecule has 0 atom stereocenters. The van der Waals surface area contributed by atoms with Crippen molar-refractivity contribution in [3.8, 4) is 0 Å². The Balaban J connectivity index is 2.43. The van der Waals surface area contributed by atoms with Crippen LogP contribution in [0.4, 0.5) is 11.4 Å². The lowest BCUT2D eigenvalue weighted by molar-refractivity contribution is 1.38. The van der Waals surface area contributed by atoms with Crippen LogP contribution in [0.2, 0.25) is 0 Å². The van der Waals surface area contributed by atoms with E-state index in [2.05, 4.69) is 32.9 Å². The number of rotatable bonds is 2. The Labute approximate surface area is 114 Å². The Morgan fingerprint density at radius 3 is 2.26 bits per heavy atom. The van der Waals surface area contributed by atoms with Crippen molar-refractivity contribution in [3.63, 3.8) is 0 Å². The number of aryl methyl sites for hydroxylation is 1. The van der Waals surface area contributed by atoms with Gasteiger partial charge in [0.05, 0.1) is 0 Å². The number of allylic oxidation sites excluding steroid dienone is 1. The molecule has 4 N–H and O–H groups in total. The Hall–Kier alpha value is -2.22. The van der Waals surface area contributed by atoms with Crippen LogP contribution in [0.25, 0.3) is 11.6 Å². The first-order valence-corrected chi connectivity index (χ1v) is 6.38. The van der Waals surface area contributed by atoms with Gasteiger partial charge in [-0.1, -0.05) is 24.3 Å². The lowest BCUT2D eigenvalue weighted by Gasteiger charge is -2.09. The molecule has 2 aromatic carbocycles. The van der Waals surface area contributed by atoms with Crippen molar-refractivity contribution in [1.29, 1.82) is 0 Å². The third-order valence-corrected chi connectivity index (χ3v) is 3.37. The highest BCUT2D eigenvalue weighted by atomic mass is 14.6. The molecule has 0 amide bonds. The van der Waals surface area contributed by atoms with E-state index in [1.54, 1.807) is 0 Å². The molecule has 0 saturated heterocycles. The smallest absolute Gasteiger partial charge is 0.0352 e. The third kappa shape index (κ3) is 2.97. The van der Waals surface area contributed by atoms with Crippen LogP contribution in [-0.2, 0) is 0 Å². The molecule has 19 heavy (non-hydrogen) atoms. The monoisotopic (exact) mass is 252 g/mol. The molecule has 0 aliphatic rings. The number of benzene rings is 2. The summed E-state index contributed by atoms with van der Waals surface area (Å²) in [4.78, 5) is 0. The summed E-state index contributed by atoms with van der Waals surface area (Å²) in [5.74, 6) is 0. The van der Waals surface area contributed by atoms with Crippen molar-refractivity contribution < 1.29 is 0 Å². The fourth-order valence-corrected chi connectivity index (χ4v) is 2.13. The summed E-state index contributed by atoms with van der Waals surface area (Å²) >= 11 is 0. The summed E-state index contributed by atoms with van der Waals surface area (Å²) < 4.78 is 0. The molecular formula is C17H20N2. The highest BCUT2D eigenvalue weighted by molar-refractivity contribution is 5.82. The third-order valence-electron chi connectivity index (χ3n) is 3.37. The van der Waals surface area contributed by atoms with E-state index in [1.165, 1.54) is 22.3 Å². The predicted octanol–water partition coefficient (Wildman–Crippen LogP) is 4.03. The lowest BCUT2D eigenvalue weighted by atomic mass is 9.99. The fraction of sp³-hybridized carbons (Fsp3) is 0.176. The van der Waals surface area contributed by atoms with Gasteiger partial charge in [0.1, 0.15) is 0 Å². The quantitative estimate of drug-likeness (QED) is 0.626. The molecular weight excluding hydrogens is 232 g/mol. The summed E-state index contributed by atoms with van der Waals surface area (Å²) in [6.07, 6.45) is 2.17. The standard InChI is InChI=1S/C17H20N2/c1-11-8-15(13(3)17(19)9-11)10-12(2)14-4-6-16(18)7-5-14/h4-10H,18-19H2,1-3H3/b12-10+. The largest absolute Gasteiger partial charge is 0.399 e. The minimum atomic E-state index is 0.785. The van der Waals surface area contributed by atoms with Gasteiger partial charge in [0.15, 0.2) is 0 Å². The Bertz CT molecular complexity index is 622. The summed E-state index contributed by atoms with van der Waals surface area (Å²) in [6, 6.07) is 12.1. The molecule has 2 rings (SSSR count). The molecule has 2 heteroatoms. The van der Waals surface area contributed by atoms with Crippen molar-refractivity contribution in [1.82, 2.24) is 0 Å². The maximum atomic E-state index is 6.01. The van der Waals surface area contributed by atoms with E-state index in [-0.39, 0.29) is 0 Å². The van der Waals surface area contributed by atoms with Gasteiger partial charge in [0, 0.05) is 11.4 Å². The predicted molar refractivity (Wildman–Crippen MR) is 84.7 cm³/mol. The first-order valence-electron chi connectivity index (χ1n) is 6.38. The van der Waals surface area contributed by atoms with E-state index in [1.807, 2.05) is 30.3 Å².